The quantitative estimate of drug-likeness (QED) is 0.267. The Morgan fingerprint density at radius 2 is 1.48 bits per heavy atom. The molecule has 0 aromatic carbocycles. The van der Waals surface area contributed by atoms with E-state index in [1.165, 1.54) is 0 Å². The molecule has 2 aliphatic rings. The van der Waals surface area contributed by atoms with Gasteiger partial charge in [-0.2, -0.15) is 0 Å². The average Bonchev–Trinajstić information content (AvgIpc) is 2.75. The lowest BCUT2D eigenvalue weighted by Gasteiger charge is -2.41. The molecule has 124 valence electrons. The van der Waals surface area contributed by atoms with E-state index in [2.05, 4.69) is 0 Å². The van der Waals surface area contributed by atoms with Crippen molar-refractivity contribution in [1.82, 2.24) is 0 Å². The topological polar surface area (TPSA) is 175 Å². The minimum atomic E-state index is -1.53. The third-order valence-corrected chi connectivity index (χ3v) is 3.71. The van der Waals surface area contributed by atoms with Gasteiger partial charge in [0.25, 0.3) is 0 Å². The molecule has 0 unspecified atom stereocenters. The van der Waals surface area contributed by atoms with Crippen LogP contribution in [-0.2, 0) is 14.2 Å². The first-order chi connectivity index (χ1) is 9.90. The van der Waals surface area contributed by atoms with Crippen molar-refractivity contribution in [2.45, 2.75) is 55.2 Å². The fraction of sp³-hybridized carbons (Fsp3) is 1.00. The second-order valence-electron chi connectivity index (χ2n) is 5.12. The number of nitrogens with two attached hydrogens (primary N) is 1. The van der Waals surface area contributed by atoms with E-state index >= 15 is 0 Å². The zero-order chi connectivity index (χ0) is 15.7. The number of ether oxygens (including phenoxy) is 3. The molecule has 0 aromatic rings. The summed E-state index contributed by atoms with van der Waals surface area (Å²) in [6, 6.07) is -1.15. The molecule has 2 rings (SSSR count). The molecule has 21 heavy (non-hydrogen) atoms. The van der Waals surface area contributed by atoms with Crippen LogP contribution in [0.3, 0.4) is 0 Å². The van der Waals surface area contributed by atoms with E-state index in [0.29, 0.717) is 0 Å². The van der Waals surface area contributed by atoms with Crippen LogP contribution in [0, 0.1) is 0 Å². The van der Waals surface area contributed by atoms with Crippen LogP contribution in [0.25, 0.3) is 0 Å². The van der Waals surface area contributed by atoms with Gasteiger partial charge in [-0.05, 0) is 0 Å². The third kappa shape index (κ3) is 3.19. The molecule has 9 atom stereocenters. The summed E-state index contributed by atoms with van der Waals surface area (Å²) in [4.78, 5) is 0. The van der Waals surface area contributed by atoms with Gasteiger partial charge in [-0.3, -0.25) is 0 Å². The van der Waals surface area contributed by atoms with E-state index in [4.69, 9.17) is 30.2 Å². The Kier molecular flexibility index (Phi) is 5.48. The highest BCUT2D eigenvalue weighted by molar-refractivity contribution is 4.94. The Hall–Kier alpha value is -0.400. The molecule has 2 heterocycles. The summed E-state index contributed by atoms with van der Waals surface area (Å²) in [5.41, 5.74) is 5.69. The first-order valence-corrected chi connectivity index (χ1v) is 6.56. The molecule has 8 N–H and O–H groups in total. The van der Waals surface area contributed by atoms with Crippen molar-refractivity contribution in [2.24, 2.45) is 5.73 Å². The zero-order valence-corrected chi connectivity index (χ0v) is 11.1. The van der Waals surface area contributed by atoms with Crippen molar-refractivity contribution in [3.05, 3.63) is 0 Å². The molecule has 2 saturated heterocycles. The SMILES string of the molecule is N[C@H]1[C@@H](O[C@H]2[C@@H](O)[C@H](O)O[C@@H]2CO)O[C@H](CO)[C@@H](O)[C@@H]1O. The molecule has 2 fully saturated rings. The van der Waals surface area contributed by atoms with Gasteiger partial charge < -0.3 is 50.6 Å². The lowest BCUT2D eigenvalue weighted by atomic mass is 9.97. The van der Waals surface area contributed by atoms with Crippen molar-refractivity contribution in [3.8, 4) is 0 Å². The Bertz CT molecular complexity index is 344. The molecule has 0 aromatic heterocycles. The normalized spacial score (nSPS) is 51.3. The summed E-state index contributed by atoms with van der Waals surface area (Å²) < 4.78 is 15.5. The first kappa shape index (κ1) is 17.0. The van der Waals surface area contributed by atoms with Crippen molar-refractivity contribution >= 4 is 0 Å². The van der Waals surface area contributed by atoms with E-state index in [0.717, 1.165) is 0 Å². The molecule has 2 aliphatic heterocycles. The van der Waals surface area contributed by atoms with Gasteiger partial charge in [0.05, 0.1) is 19.3 Å². The van der Waals surface area contributed by atoms with Gasteiger partial charge in [-0.25, -0.2) is 0 Å². The molecule has 0 spiro atoms. The van der Waals surface area contributed by atoms with Crippen molar-refractivity contribution in [1.29, 1.82) is 0 Å². The van der Waals surface area contributed by atoms with Gasteiger partial charge in [-0.15, -0.1) is 0 Å². The predicted molar refractivity (Wildman–Crippen MR) is 64.6 cm³/mol. The van der Waals surface area contributed by atoms with Gasteiger partial charge >= 0.3 is 0 Å². The second-order valence-corrected chi connectivity index (χ2v) is 5.12. The lowest BCUT2D eigenvalue weighted by molar-refractivity contribution is -0.286. The van der Waals surface area contributed by atoms with Gasteiger partial charge in [0, 0.05) is 0 Å². The predicted octanol–water partition coefficient (Wildman–Crippen LogP) is -4.79. The summed E-state index contributed by atoms with van der Waals surface area (Å²) in [5.74, 6) is 0. The second kappa shape index (κ2) is 6.79. The van der Waals surface area contributed by atoms with Crippen LogP contribution in [0.1, 0.15) is 0 Å². The van der Waals surface area contributed by atoms with Crippen molar-refractivity contribution in [3.63, 3.8) is 0 Å². The van der Waals surface area contributed by atoms with E-state index in [-0.39, 0.29) is 0 Å². The number of hydrogen-bond acceptors (Lipinski definition) is 10. The average molecular weight is 311 g/mol. The molecule has 0 amide bonds. The number of rotatable bonds is 4. The Labute approximate surface area is 120 Å². The maximum Gasteiger partial charge on any atom is 0.184 e. The molecular weight excluding hydrogens is 290 g/mol. The standard InChI is InChI=1S/C11H21NO9/c12-5-7(16)6(15)3(1-13)20-11(5)21-9-4(2-14)19-10(18)8(9)17/h3-11,13-18H,1-2,12H2/t3-,4-,5-,6-,7-,8-,9-,10-,11-/m1/s1. The molecule has 0 radical (unpaired) electrons. The monoisotopic (exact) mass is 311 g/mol. The molecule has 10 nitrogen and oxygen atoms in total. The van der Waals surface area contributed by atoms with Gasteiger partial charge in [0.2, 0.25) is 0 Å². The highest BCUT2D eigenvalue weighted by atomic mass is 16.7. The number of hydrogen-bond donors (Lipinski definition) is 7. The minimum Gasteiger partial charge on any atom is -0.394 e. The Morgan fingerprint density at radius 3 is 2.05 bits per heavy atom. The van der Waals surface area contributed by atoms with E-state index in [1.54, 1.807) is 0 Å². The fourth-order valence-corrected chi connectivity index (χ4v) is 2.42. The van der Waals surface area contributed by atoms with Crippen LogP contribution in [-0.4, -0.2) is 99.1 Å². The number of aliphatic hydroxyl groups excluding tert-OH is 6. The summed E-state index contributed by atoms with van der Waals surface area (Å²) in [6.07, 6.45) is -10.3. The van der Waals surface area contributed by atoms with Gasteiger partial charge in [0.15, 0.2) is 12.6 Å². The smallest absolute Gasteiger partial charge is 0.184 e. The molecular formula is C11H21NO9. The largest absolute Gasteiger partial charge is 0.394 e. The maximum atomic E-state index is 9.79. The summed E-state index contributed by atoms with van der Waals surface area (Å²) in [5, 5.41) is 56.8. The van der Waals surface area contributed by atoms with E-state index < -0.39 is 68.5 Å². The van der Waals surface area contributed by atoms with Gasteiger partial charge in [0.1, 0.15) is 36.6 Å². The lowest BCUT2D eigenvalue weighted by Crippen LogP contribution is -2.63. The highest BCUT2D eigenvalue weighted by Crippen LogP contribution is 2.28. The zero-order valence-electron chi connectivity index (χ0n) is 11.1. The van der Waals surface area contributed by atoms with Crippen LogP contribution in [0.2, 0.25) is 0 Å². The Balaban J connectivity index is 2.07. The first-order valence-electron chi connectivity index (χ1n) is 6.56. The van der Waals surface area contributed by atoms with Crippen LogP contribution in [0.5, 0.6) is 0 Å². The minimum absolute atomic E-state index is 0.519. The van der Waals surface area contributed by atoms with Gasteiger partial charge in [-0.1, -0.05) is 0 Å². The molecule has 0 saturated carbocycles. The van der Waals surface area contributed by atoms with E-state index in [9.17, 15) is 20.4 Å². The van der Waals surface area contributed by atoms with E-state index in [1.807, 2.05) is 0 Å². The molecule has 0 aliphatic carbocycles. The number of aliphatic hydroxyl groups is 6. The van der Waals surface area contributed by atoms with Crippen molar-refractivity contribution in [2.75, 3.05) is 13.2 Å². The van der Waals surface area contributed by atoms with Crippen LogP contribution in [0.4, 0.5) is 0 Å². The fourth-order valence-electron chi connectivity index (χ4n) is 2.42. The summed E-state index contributed by atoms with van der Waals surface area (Å²) >= 11 is 0. The molecule has 10 heteroatoms. The summed E-state index contributed by atoms with van der Waals surface area (Å²) in [7, 11) is 0. The van der Waals surface area contributed by atoms with Crippen LogP contribution >= 0.6 is 0 Å². The molecule has 0 bridgehead atoms. The van der Waals surface area contributed by atoms with Crippen molar-refractivity contribution < 1.29 is 44.8 Å². The summed E-state index contributed by atoms with van der Waals surface area (Å²) in [6.45, 7) is -1.09. The highest BCUT2D eigenvalue weighted by Gasteiger charge is 2.49. The maximum absolute atomic E-state index is 9.79. The van der Waals surface area contributed by atoms with Crippen LogP contribution < -0.4 is 5.73 Å². The Morgan fingerprint density at radius 1 is 0.857 bits per heavy atom. The third-order valence-electron chi connectivity index (χ3n) is 3.71. The van der Waals surface area contributed by atoms with Crippen LogP contribution in [0.15, 0.2) is 0 Å².